The summed E-state index contributed by atoms with van der Waals surface area (Å²) in [6.07, 6.45) is 0.520. The third kappa shape index (κ3) is 3.11. The van der Waals surface area contributed by atoms with Gasteiger partial charge in [0.15, 0.2) is 6.29 Å². The number of rotatable bonds is 2. The lowest BCUT2D eigenvalue weighted by Gasteiger charge is -1.95. The second kappa shape index (κ2) is 4.83. The Balaban J connectivity index is 2.78. The van der Waals surface area contributed by atoms with E-state index in [4.69, 9.17) is 5.11 Å². The van der Waals surface area contributed by atoms with Crippen LogP contribution in [0.5, 0.6) is 0 Å². The highest BCUT2D eigenvalue weighted by atomic mass is 16.4. The maximum atomic E-state index is 10.4. The second-order valence-corrected chi connectivity index (χ2v) is 2.65. The van der Waals surface area contributed by atoms with Gasteiger partial charge in [-0.15, -0.1) is 0 Å². The van der Waals surface area contributed by atoms with E-state index in [0.717, 1.165) is 0 Å². The van der Waals surface area contributed by atoms with Gasteiger partial charge >= 0.3 is 5.97 Å². The van der Waals surface area contributed by atoms with Crippen LogP contribution in [-0.2, 0) is 16.0 Å². The Morgan fingerprint density at radius 2 is 2.00 bits per heavy atom. The number of carboxylic acid groups (broad SMARTS) is 1. The van der Waals surface area contributed by atoms with Crippen molar-refractivity contribution in [2.24, 2.45) is 0 Å². The fraction of sp³-hybridized carbons (Fsp3) is 0.0909. The van der Waals surface area contributed by atoms with Crippen molar-refractivity contribution in [3.8, 4) is 11.8 Å². The summed E-state index contributed by atoms with van der Waals surface area (Å²) in [6.45, 7) is 0. The fourth-order valence-corrected chi connectivity index (χ4v) is 0.993. The molecular formula is C11H8O3. The van der Waals surface area contributed by atoms with E-state index in [2.05, 4.69) is 11.8 Å². The van der Waals surface area contributed by atoms with Gasteiger partial charge in [0.25, 0.3) is 0 Å². The molecule has 0 unspecified atom stereocenters. The molecule has 3 heteroatoms. The van der Waals surface area contributed by atoms with E-state index in [1.165, 1.54) is 0 Å². The van der Waals surface area contributed by atoms with E-state index in [-0.39, 0.29) is 6.42 Å². The molecule has 0 aliphatic carbocycles. The van der Waals surface area contributed by atoms with Crippen LogP contribution >= 0.6 is 0 Å². The summed E-state index contributed by atoms with van der Waals surface area (Å²) >= 11 is 0. The third-order valence-electron chi connectivity index (χ3n) is 1.58. The first-order valence-corrected chi connectivity index (χ1v) is 3.98. The molecule has 0 saturated heterocycles. The lowest BCUT2D eigenvalue weighted by atomic mass is 10.1. The van der Waals surface area contributed by atoms with Crippen molar-refractivity contribution in [1.82, 2.24) is 0 Å². The normalized spacial score (nSPS) is 8.57. The van der Waals surface area contributed by atoms with Gasteiger partial charge in [-0.1, -0.05) is 18.1 Å². The molecular weight excluding hydrogens is 180 g/mol. The van der Waals surface area contributed by atoms with Gasteiger partial charge in [0.1, 0.15) is 0 Å². The van der Waals surface area contributed by atoms with Crippen molar-refractivity contribution in [3.63, 3.8) is 0 Å². The van der Waals surface area contributed by atoms with Gasteiger partial charge in [-0.05, 0) is 23.6 Å². The van der Waals surface area contributed by atoms with E-state index >= 15 is 0 Å². The monoisotopic (exact) mass is 188 g/mol. The Morgan fingerprint density at radius 3 is 2.50 bits per heavy atom. The quantitative estimate of drug-likeness (QED) is 0.553. The van der Waals surface area contributed by atoms with Crippen molar-refractivity contribution >= 4 is 12.3 Å². The van der Waals surface area contributed by atoms with Crippen molar-refractivity contribution in [2.45, 2.75) is 6.42 Å². The van der Waals surface area contributed by atoms with Gasteiger partial charge in [-0.3, -0.25) is 9.59 Å². The molecule has 0 aliphatic rings. The SMILES string of the molecule is O=CC#Cc1ccc(CC(=O)O)cc1. The summed E-state index contributed by atoms with van der Waals surface area (Å²) in [4.78, 5) is 20.3. The van der Waals surface area contributed by atoms with Crippen LogP contribution in [0.25, 0.3) is 0 Å². The van der Waals surface area contributed by atoms with Crippen LogP contribution in [0.2, 0.25) is 0 Å². The minimum absolute atomic E-state index is 0.00138. The van der Waals surface area contributed by atoms with Crippen LogP contribution in [0.4, 0.5) is 0 Å². The predicted octanol–water partition coefficient (Wildman–Crippen LogP) is 0.864. The topological polar surface area (TPSA) is 54.4 Å². The number of hydrogen-bond donors (Lipinski definition) is 1. The van der Waals surface area contributed by atoms with Crippen molar-refractivity contribution in [1.29, 1.82) is 0 Å². The summed E-state index contributed by atoms with van der Waals surface area (Å²) in [5.74, 6) is 4.02. The lowest BCUT2D eigenvalue weighted by Crippen LogP contribution is -1.99. The number of carbonyl (C=O) groups is 2. The molecule has 0 fully saturated rings. The van der Waals surface area contributed by atoms with Gasteiger partial charge in [0, 0.05) is 5.56 Å². The highest BCUT2D eigenvalue weighted by Gasteiger charge is 1.98. The van der Waals surface area contributed by atoms with Crippen molar-refractivity contribution in [3.05, 3.63) is 35.4 Å². The molecule has 70 valence electrons. The first-order chi connectivity index (χ1) is 6.72. The molecule has 3 nitrogen and oxygen atoms in total. The molecule has 14 heavy (non-hydrogen) atoms. The first-order valence-electron chi connectivity index (χ1n) is 3.98. The lowest BCUT2D eigenvalue weighted by molar-refractivity contribution is -0.136. The molecule has 1 N–H and O–H groups in total. The van der Waals surface area contributed by atoms with E-state index in [9.17, 15) is 9.59 Å². The van der Waals surface area contributed by atoms with Gasteiger partial charge in [0.2, 0.25) is 0 Å². The Labute approximate surface area is 81.4 Å². The van der Waals surface area contributed by atoms with Crippen LogP contribution in [0.15, 0.2) is 24.3 Å². The summed E-state index contributed by atoms with van der Waals surface area (Å²) in [7, 11) is 0. The number of hydrogen-bond acceptors (Lipinski definition) is 2. The summed E-state index contributed by atoms with van der Waals surface area (Å²) in [6, 6.07) is 6.75. The summed E-state index contributed by atoms with van der Waals surface area (Å²) in [5.41, 5.74) is 1.42. The molecule has 0 bridgehead atoms. The minimum atomic E-state index is -0.864. The molecule has 0 heterocycles. The largest absolute Gasteiger partial charge is 0.481 e. The van der Waals surface area contributed by atoms with Crippen LogP contribution in [0.1, 0.15) is 11.1 Å². The van der Waals surface area contributed by atoms with Crippen LogP contribution in [0.3, 0.4) is 0 Å². The van der Waals surface area contributed by atoms with Gasteiger partial charge in [-0.25, -0.2) is 0 Å². The molecule has 1 rings (SSSR count). The van der Waals surface area contributed by atoms with Crippen LogP contribution in [0, 0.1) is 11.8 Å². The van der Waals surface area contributed by atoms with Gasteiger partial charge in [-0.2, -0.15) is 0 Å². The smallest absolute Gasteiger partial charge is 0.307 e. The highest BCUT2D eigenvalue weighted by molar-refractivity contribution is 5.74. The number of benzene rings is 1. The predicted molar refractivity (Wildman–Crippen MR) is 50.7 cm³/mol. The molecule has 0 radical (unpaired) electrons. The Kier molecular flexibility index (Phi) is 3.45. The number of aliphatic carboxylic acids is 1. The number of aldehydes is 1. The maximum Gasteiger partial charge on any atom is 0.307 e. The molecule has 0 saturated carbocycles. The highest BCUT2D eigenvalue weighted by Crippen LogP contribution is 2.03. The molecule has 0 atom stereocenters. The molecule has 0 aliphatic heterocycles. The number of carboxylic acids is 1. The Bertz CT molecular complexity index is 393. The average molecular weight is 188 g/mol. The Hall–Kier alpha value is -2.08. The van der Waals surface area contributed by atoms with E-state index in [1.54, 1.807) is 24.3 Å². The molecule has 0 amide bonds. The first kappa shape index (κ1) is 10.0. The minimum Gasteiger partial charge on any atom is -0.481 e. The zero-order valence-electron chi connectivity index (χ0n) is 7.36. The summed E-state index contributed by atoms with van der Waals surface area (Å²) < 4.78 is 0. The van der Waals surface area contributed by atoms with Gasteiger partial charge in [0.05, 0.1) is 6.42 Å². The maximum absolute atomic E-state index is 10.4. The molecule has 1 aromatic carbocycles. The zero-order chi connectivity index (χ0) is 10.4. The van der Waals surface area contributed by atoms with Crippen molar-refractivity contribution < 1.29 is 14.7 Å². The van der Waals surface area contributed by atoms with Crippen molar-refractivity contribution in [2.75, 3.05) is 0 Å². The molecule has 1 aromatic rings. The molecule has 0 aromatic heterocycles. The fourth-order valence-electron chi connectivity index (χ4n) is 0.993. The average Bonchev–Trinajstić information content (AvgIpc) is 2.16. The number of carbonyl (C=O) groups excluding carboxylic acids is 1. The summed E-state index contributed by atoms with van der Waals surface area (Å²) in [5, 5.41) is 8.50. The van der Waals surface area contributed by atoms with Crippen LogP contribution < -0.4 is 0 Å². The third-order valence-corrected chi connectivity index (χ3v) is 1.58. The van der Waals surface area contributed by atoms with E-state index < -0.39 is 5.97 Å². The molecule has 0 spiro atoms. The van der Waals surface area contributed by atoms with Crippen LogP contribution in [-0.4, -0.2) is 17.4 Å². The standard InChI is InChI=1S/C11H8O3/c12-7-1-2-9-3-5-10(6-4-9)8-11(13)14/h3-7H,8H2,(H,13,14). The van der Waals surface area contributed by atoms with E-state index in [0.29, 0.717) is 17.4 Å². The Morgan fingerprint density at radius 1 is 1.36 bits per heavy atom. The second-order valence-electron chi connectivity index (χ2n) is 2.65. The zero-order valence-corrected chi connectivity index (χ0v) is 7.36. The van der Waals surface area contributed by atoms with E-state index in [1.807, 2.05) is 0 Å². The van der Waals surface area contributed by atoms with Gasteiger partial charge < -0.3 is 5.11 Å².